The first-order valence-electron chi connectivity index (χ1n) is 7.58. The van der Waals surface area contributed by atoms with E-state index in [1.54, 1.807) is 29.4 Å². The van der Waals surface area contributed by atoms with Gasteiger partial charge in [-0.15, -0.1) is 0 Å². The third-order valence-electron chi connectivity index (χ3n) is 4.09. The Morgan fingerprint density at radius 3 is 2.76 bits per heavy atom. The van der Waals surface area contributed by atoms with Gasteiger partial charge in [-0.25, -0.2) is 8.42 Å². The Morgan fingerprint density at radius 1 is 1.29 bits per heavy atom. The quantitative estimate of drug-likeness (QED) is 0.803. The van der Waals surface area contributed by atoms with E-state index in [1.165, 1.54) is 6.07 Å². The van der Waals surface area contributed by atoms with Crippen LogP contribution in [-0.4, -0.2) is 31.6 Å². The third kappa shape index (κ3) is 3.71. The van der Waals surface area contributed by atoms with Crippen LogP contribution in [0.1, 0.15) is 49.9 Å². The van der Waals surface area contributed by atoms with E-state index in [1.807, 2.05) is 0 Å². The van der Waals surface area contributed by atoms with Crippen molar-refractivity contribution in [2.45, 2.75) is 44.4 Å². The Balaban J connectivity index is 2.28. The van der Waals surface area contributed by atoms with Gasteiger partial charge >= 0.3 is 0 Å². The molecule has 0 N–H and O–H groups in total. The Kier molecular flexibility index (Phi) is 5.17. The average Bonchev–Trinajstić information content (AvgIpc) is 2.71. The predicted molar refractivity (Wildman–Crippen MR) is 82.8 cm³/mol. The van der Waals surface area contributed by atoms with Crippen molar-refractivity contribution in [3.05, 3.63) is 29.8 Å². The van der Waals surface area contributed by atoms with Gasteiger partial charge in [0, 0.05) is 25.1 Å². The zero-order valence-electron chi connectivity index (χ0n) is 12.7. The van der Waals surface area contributed by atoms with E-state index in [-0.39, 0.29) is 10.7 Å². The van der Waals surface area contributed by atoms with E-state index in [0.29, 0.717) is 31.0 Å². The van der Waals surface area contributed by atoms with E-state index < -0.39 is 10.0 Å². The first-order valence-corrected chi connectivity index (χ1v) is 9.02. The molecule has 0 radical (unpaired) electrons. The first-order chi connectivity index (χ1) is 9.95. The number of carbonyl (C=O) groups is 1. The van der Waals surface area contributed by atoms with Crippen LogP contribution in [0.2, 0.25) is 0 Å². The van der Waals surface area contributed by atoms with Crippen LogP contribution in [0, 0.1) is 5.92 Å². The van der Waals surface area contributed by atoms with Crippen LogP contribution in [0.5, 0.6) is 0 Å². The zero-order chi connectivity index (χ0) is 15.5. The largest absolute Gasteiger partial charge is 0.294 e. The van der Waals surface area contributed by atoms with Crippen molar-refractivity contribution in [3.63, 3.8) is 0 Å². The maximum Gasteiger partial charge on any atom is 0.243 e. The lowest BCUT2D eigenvalue weighted by molar-refractivity contribution is 0.0988. The van der Waals surface area contributed by atoms with Gasteiger partial charge in [0.15, 0.2) is 5.78 Å². The van der Waals surface area contributed by atoms with Gasteiger partial charge in [0.2, 0.25) is 10.0 Å². The molecular formula is C16H23NO3S. The number of Topliss-reactive ketones (excluding diaryl/α,β-unsaturated/α-hetero) is 1. The minimum atomic E-state index is -3.49. The molecule has 0 bridgehead atoms. The molecule has 1 aromatic rings. The fourth-order valence-corrected chi connectivity index (χ4v) is 4.20. The summed E-state index contributed by atoms with van der Waals surface area (Å²) in [4.78, 5) is 12.0. The number of carbonyl (C=O) groups excluding carboxylic acids is 1. The molecule has 0 aromatic heterocycles. The highest BCUT2D eigenvalue weighted by atomic mass is 32.2. The second-order valence-electron chi connectivity index (χ2n) is 5.74. The van der Waals surface area contributed by atoms with Crippen LogP contribution >= 0.6 is 0 Å². The van der Waals surface area contributed by atoms with Crippen molar-refractivity contribution in [2.24, 2.45) is 5.92 Å². The summed E-state index contributed by atoms with van der Waals surface area (Å²) in [5, 5.41) is 0. The second kappa shape index (κ2) is 6.71. The summed E-state index contributed by atoms with van der Waals surface area (Å²) in [6.45, 7) is 5.07. The van der Waals surface area contributed by atoms with Gasteiger partial charge in [0.25, 0.3) is 0 Å². The Morgan fingerprint density at radius 2 is 2.05 bits per heavy atom. The monoisotopic (exact) mass is 309 g/mol. The van der Waals surface area contributed by atoms with E-state index in [9.17, 15) is 13.2 Å². The summed E-state index contributed by atoms with van der Waals surface area (Å²) in [6, 6.07) is 6.41. The van der Waals surface area contributed by atoms with Gasteiger partial charge in [-0.3, -0.25) is 4.79 Å². The van der Waals surface area contributed by atoms with Gasteiger partial charge in [-0.2, -0.15) is 4.31 Å². The van der Waals surface area contributed by atoms with Crippen molar-refractivity contribution in [1.82, 2.24) is 4.31 Å². The van der Waals surface area contributed by atoms with Crippen molar-refractivity contribution < 1.29 is 13.2 Å². The summed E-state index contributed by atoms with van der Waals surface area (Å²) in [5.74, 6) is 0.537. The normalized spacial score (nSPS) is 21.0. The fourth-order valence-electron chi connectivity index (χ4n) is 2.66. The van der Waals surface area contributed by atoms with Crippen LogP contribution in [0.3, 0.4) is 0 Å². The lowest BCUT2D eigenvalue weighted by atomic mass is 10.0. The van der Waals surface area contributed by atoms with Crippen molar-refractivity contribution in [1.29, 1.82) is 0 Å². The van der Waals surface area contributed by atoms with Crippen LogP contribution < -0.4 is 0 Å². The molecule has 116 valence electrons. The molecule has 1 atom stereocenters. The molecule has 0 saturated carbocycles. The van der Waals surface area contributed by atoms with Crippen LogP contribution in [0.25, 0.3) is 0 Å². The molecular weight excluding hydrogens is 286 g/mol. The van der Waals surface area contributed by atoms with Crippen LogP contribution in [-0.2, 0) is 10.0 Å². The number of benzene rings is 1. The Labute approximate surface area is 127 Å². The Bertz CT molecular complexity index is 610. The number of sulfonamides is 1. The molecule has 1 unspecified atom stereocenters. The number of ketones is 1. The molecule has 1 aliphatic rings. The van der Waals surface area contributed by atoms with Gasteiger partial charge in [-0.1, -0.05) is 26.0 Å². The summed E-state index contributed by atoms with van der Waals surface area (Å²) in [6.07, 6.45) is 3.24. The molecule has 5 heteroatoms. The lowest BCUT2D eigenvalue weighted by Crippen LogP contribution is -2.32. The van der Waals surface area contributed by atoms with Gasteiger partial charge < -0.3 is 0 Å². The molecule has 1 saturated heterocycles. The van der Waals surface area contributed by atoms with E-state index in [2.05, 4.69) is 6.92 Å². The number of hydrogen-bond donors (Lipinski definition) is 0. The highest BCUT2D eigenvalue weighted by Gasteiger charge is 2.27. The summed E-state index contributed by atoms with van der Waals surface area (Å²) < 4.78 is 27.0. The molecule has 1 aliphatic heterocycles. The molecule has 21 heavy (non-hydrogen) atoms. The molecule has 0 aliphatic carbocycles. The highest BCUT2D eigenvalue weighted by Crippen LogP contribution is 2.23. The van der Waals surface area contributed by atoms with Gasteiger partial charge in [0.1, 0.15) is 0 Å². The fraction of sp³-hybridized carbons (Fsp3) is 0.562. The van der Waals surface area contributed by atoms with Crippen molar-refractivity contribution in [2.75, 3.05) is 13.1 Å². The minimum absolute atomic E-state index is 0.0310. The zero-order valence-corrected chi connectivity index (χ0v) is 13.5. The first kappa shape index (κ1) is 16.2. The van der Waals surface area contributed by atoms with Crippen molar-refractivity contribution >= 4 is 15.8 Å². The van der Waals surface area contributed by atoms with E-state index in [4.69, 9.17) is 0 Å². The summed E-state index contributed by atoms with van der Waals surface area (Å²) in [5.41, 5.74) is 0.474. The number of rotatable bonds is 4. The molecule has 0 amide bonds. The smallest absolute Gasteiger partial charge is 0.243 e. The van der Waals surface area contributed by atoms with Gasteiger partial charge in [0.05, 0.1) is 4.90 Å². The van der Waals surface area contributed by atoms with E-state index >= 15 is 0 Å². The molecule has 0 spiro atoms. The molecule has 1 fully saturated rings. The number of nitrogens with zero attached hydrogens (tertiary/aromatic N) is 1. The Hall–Kier alpha value is -1.20. The molecule has 1 heterocycles. The summed E-state index contributed by atoms with van der Waals surface area (Å²) in [7, 11) is -3.49. The SMILES string of the molecule is CCC(=O)c1cccc(S(=O)(=O)N2CCCC(C)CC2)c1. The molecule has 2 rings (SSSR count). The summed E-state index contributed by atoms with van der Waals surface area (Å²) >= 11 is 0. The lowest BCUT2D eigenvalue weighted by Gasteiger charge is -2.20. The predicted octanol–water partition coefficient (Wildman–Crippen LogP) is 3.09. The standard InChI is InChI=1S/C16H23NO3S/c1-3-16(18)14-7-4-8-15(12-14)21(19,20)17-10-5-6-13(2)9-11-17/h4,7-8,12-13H,3,5-6,9-11H2,1-2H3. The maximum absolute atomic E-state index is 12.7. The number of hydrogen-bond acceptors (Lipinski definition) is 3. The van der Waals surface area contributed by atoms with Gasteiger partial charge in [-0.05, 0) is 37.3 Å². The van der Waals surface area contributed by atoms with Crippen molar-refractivity contribution in [3.8, 4) is 0 Å². The topological polar surface area (TPSA) is 54.5 Å². The minimum Gasteiger partial charge on any atom is -0.294 e. The van der Waals surface area contributed by atoms with Crippen LogP contribution in [0.15, 0.2) is 29.2 Å². The third-order valence-corrected chi connectivity index (χ3v) is 5.99. The molecule has 4 nitrogen and oxygen atoms in total. The van der Waals surface area contributed by atoms with E-state index in [0.717, 1.165) is 19.3 Å². The molecule has 1 aromatic carbocycles. The van der Waals surface area contributed by atoms with Crippen LogP contribution in [0.4, 0.5) is 0 Å². The highest BCUT2D eigenvalue weighted by molar-refractivity contribution is 7.89. The second-order valence-corrected chi connectivity index (χ2v) is 7.68. The average molecular weight is 309 g/mol. The maximum atomic E-state index is 12.7.